The second-order valence-electron chi connectivity index (χ2n) is 2.84. The van der Waals surface area contributed by atoms with Crippen LogP contribution in [0.2, 0.25) is 0 Å². The number of nitrogens with one attached hydrogen (secondary N) is 1. The van der Waals surface area contributed by atoms with Crippen LogP contribution in [0.1, 0.15) is 18.9 Å². The molecule has 0 aromatic heterocycles. The van der Waals surface area contributed by atoms with Crippen molar-refractivity contribution in [1.29, 1.82) is 0 Å². The van der Waals surface area contributed by atoms with Crippen molar-refractivity contribution in [2.45, 2.75) is 19.9 Å². The van der Waals surface area contributed by atoms with E-state index >= 15 is 0 Å². The first-order chi connectivity index (χ1) is 6.43. The van der Waals surface area contributed by atoms with Crippen LogP contribution in [0.4, 0.5) is 0 Å². The highest BCUT2D eigenvalue weighted by molar-refractivity contribution is 5.14. The first kappa shape index (κ1) is 9.83. The van der Waals surface area contributed by atoms with E-state index < -0.39 is 0 Å². The monoisotopic (exact) mass is 173 g/mol. The molecule has 1 N–H and O–H groups in total. The maximum absolute atomic E-state index is 3.33. The summed E-state index contributed by atoms with van der Waals surface area (Å²) in [5.74, 6) is 5.90. The zero-order chi connectivity index (χ0) is 9.36. The van der Waals surface area contributed by atoms with Gasteiger partial charge in [0.1, 0.15) is 0 Å². The Morgan fingerprint density at radius 3 is 2.69 bits per heavy atom. The van der Waals surface area contributed by atoms with Crippen LogP contribution in [0.25, 0.3) is 0 Å². The van der Waals surface area contributed by atoms with Gasteiger partial charge >= 0.3 is 0 Å². The molecule has 1 aromatic rings. The topological polar surface area (TPSA) is 12.0 Å². The van der Waals surface area contributed by atoms with Crippen LogP contribution in [0, 0.1) is 11.8 Å². The maximum atomic E-state index is 3.33. The van der Waals surface area contributed by atoms with Gasteiger partial charge in [0.2, 0.25) is 0 Å². The van der Waals surface area contributed by atoms with Crippen molar-refractivity contribution in [3.8, 4) is 11.8 Å². The van der Waals surface area contributed by atoms with Crippen molar-refractivity contribution >= 4 is 0 Å². The van der Waals surface area contributed by atoms with Gasteiger partial charge in [0.05, 0.1) is 0 Å². The third-order valence-electron chi connectivity index (χ3n) is 1.78. The van der Waals surface area contributed by atoms with E-state index in [2.05, 4.69) is 41.4 Å². The zero-order valence-corrected chi connectivity index (χ0v) is 8.01. The lowest BCUT2D eigenvalue weighted by Gasteiger charge is -2.01. The lowest BCUT2D eigenvalue weighted by molar-refractivity contribution is 0.701. The predicted molar refractivity (Wildman–Crippen MR) is 56.2 cm³/mol. The molecule has 0 bridgehead atoms. The molecule has 0 saturated heterocycles. The van der Waals surface area contributed by atoms with Crippen molar-refractivity contribution < 1.29 is 0 Å². The molecule has 0 aliphatic heterocycles. The second-order valence-corrected chi connectivity index (χ2v) is 2.84. The third kappa shape index (κ3) is 4.35. The minimum Gasteiger partial charge on any atom is -0.312 e. The molecule has 0 amide bonds. The van der Waals surface area contributed by atoms with Gasteiger partial charge in [-0.2, -0.15) is 0 Å². The number of rotatable bonds is 4. The molecular weight excluding hydrogens is 158 g/mol. The van der Waals surface area contributed by atoms with Crippen LogP contribution in [-0.4, -0.2) is 6.54 Å². The molecule has 13 heavy (non-hydrogen) atoms. The Morgan fingerprint density at radius 2 is 2.00 bits per heavy atom. The van der Waals surface area contributed by atoms with Gasteiger partial charge in [-0.25, -0.2) is 0 Å². The first-order valence-corrected chi connectivity index (χ1v) is 4.57. The standard InChI is InChI=1S/C12H15N/c1-2-3-7-10-13-11-12-8-5-4-6-9-12/h4-6,8-9,13H,7,10-11H2,1H3. The molecule has 1 aromatic carbocycles. The van der Waals surface area contributed by atoms with Gasteiger partial charge in [0.25, 0.3) is 0 Å². The van der Waals surface area contributed by atoms with E-state index in [1.165, 1.54) is 5.56 Å². The molecule has 0 spiro atoms. The van der Waals surface area contributed by atoms with Crippen LogP contribution in [-0.2, 0) is 6.54 Å². The van der Waals surface area contributed by atoms with Crippen molar-refractivity contribution in [1.82, 2.24) is 5.32 Å². The molecule has 0 saturated carbocycles. The molecule has 0 unspecified atom stereocenters. The summed E-state index contributed by atoms with van der Waals surface area (Å²) >= 11 is 0. The Hall–Kier alpha value is -1.26. The molecule has 0 aliphatic carbocycles. The van der Waals surface area contributed by atoms with Crippen molar-refractivity contribution in [2.75, 3.05) is 6.54 Å². The largest absolute Gasteiger partial charge is 0.312 e. The lowest BCUT2D eigenvalue weighted by Crippen LogP contribution is -2.13. The highest BCUT2D eigenvalue weighted by Crippen LogP contribution is 1.96. The molecule has 1 nitrogen and oxygen atoms in total. The molecule has 0 radical (unpaired) electrons. The molecule has 0 aliphatic rings. The fourth-order valence-electron chi connectivity index (χ4n) is 1.10. The van der Waals surface area contributed by atoms with Crippen molar-refractivity contribution in [2.24, 2.45) is 0 Å². The van der Waals surface area contributed by atoms with E-state index in [1.54, 1.807) is 0 Å². The quantitative estimate of drug-likeness (QED) is 0.543. The summed E-state index contributed by atoms with van der Waals surface area (Å²) < 4.78 is 0. The summed E-state index contributed by atoms with van der Waals surface area (Å²) in [5.41, 5.74) is 1.33. The van der Waals surface area contributed by atoms with E-state index in [0.29, 0.717) is 0 Å². The lowest BCUT2D eigenvalue weighted by atomic mass is 10.2. The average molecular weight is 173 g/mol. The van der Waals surface area contributed by atoms with E-state index in [0.717, 1.165) is 19.5 Å². The highest BCUT2D eigenvalue weighted by atomic mass is 14.8. The van der Waals surface area contributed by atoms with E-state index in [9.17, 15) is 0 Å². The van der Waals surface area contributed by atoms with E-state index in [1.807, 2.05) is 13.0 Å². The summed E-state index contributed by atoms with van der Waals surface area (Å²) in [6.45, 7) is 3.78. The van der Waals surface area contributed by atoms with Gasteiger partial charge < -0.3 is 5.32 Å². The molecule has 1 heteroatoms. The van der Waals surface area contributed by atoms with Gasteiger partial charge in [0, 0.05) is 19.5 Å². The smallest absolute Gasteiger partial charge is 0.0214 e. The van der Waals surface area contributed by atoms with Gasteiger partial charge in [-0.05, 0) is 12.5 Å². The summed E-state index contributed by atoms with van der Waals surface area (Å²) in [4.78, 5) is 0. The summed E-state index contributed by atoms with van der Waals surface area (Å²) in [6.07, 6.45) is 0.934. The molecule has 0 heterocycles. The Bertz CT molecular complexity index is 279. The minimum absolute atomic E-state index is 0.934. The third-order valence-corrected chi connectivity index (χ3v) is 1.78. The van der Waals surface area contributed by atoms with Crippen molar-refractivity contribution in [3.63, 3.8) is 0 Å². The number of hydrogen-bond donors (Lipinski definition) is 1. The van der Waals surface area contributed by atoms with Gasteiger partial charge in [-0.1, -0.05) is 30.3 Å². The van der Waals surface area contributed by atoms with E-state index in [-0.39, 0.29) is 0 Å². The van der Waals surface area contributed by atoms with Gasteiger partial charge in [0.15, 0.2) is 0 Å². The van der Waals surface area contributed by atoms with Crippen LogP contribution in [0.3, 0.4) is 0 Å². The molecule has 0 fully saturated rings. The fourth-order valence-corrected chi connectivity index (χ4v) is 1.10. The molecule has 68 valence electrons. The highest BCUT2D eigenvalue weighted by Gasteiger charge is 1.88. The van der Waals surface area contributed by atoms with Gasteiger partial charge in [-0.15, -0.1) is 11.8 Å². The van der Waals surface area contributed by atoms with Crippen molar-refractivity contribution in [3.05, 3.63) is 35.9 Å². The summed E-state index contributed by atoms with van der Waals surface area (Å²) in [5, 5.41) is 3.33. The Morgan fingerprint density at radius 1 is 1.23 bits per heavy atom. The van der Waals surface area contributed by atoms with Crippen LogP contribution < -0.4 is 5.32 Å². The second kappa shape index (κ2) is 6.28. The predicted octanol–water partition coefficient (Wildman–Crippen LogP) is 2.19. The Balaban J connectivity index is 2.16. The van der Waals surface area contributed by atoms with Crippen LogP contribution >= 0.6 is 0 Å². The van der Waals surface area contributed by atoms with Crippen LogP contribution in [0.5, 0.6) is 0 Å². The normalized spacial score (nSPS) is 9.00. The van der Waals surface area contributed by atoms with Crippen LogP contribution in [0.15, 0.2) is 30.3 Å². The van der Waals surface area contributed by atoms with E-state index in [4.69, 9.17) is 0 Å². The minimum atomic E-state index is 0.934. The summed E-state index contributed by atoms with van der Waals surface area (Å²) in [6, 6.07) is 10.4. The molecular formula is C12H15N. The first-order valence-electron chi connectivity index (χ1n) is 4.57. The Kier molecular flexibility index (Phi) is 4.74. The SMILES string of the molecule is CC#CCCNCc1ccccc1. The summed E-state index contributed by atoms with van der Waals surface area (Å²) in [7, 11) is 0. The molecule has 1 rings (SSSR count). The Labute approximate surface area is 80.2 Å². The average Bonchev–Trinajstić information content (AvgIpc) is 2.19. The molecule has 0 atom stereocenters. The zero-order valence-electron chi connectivity index (χ0n) is 8.01. The number of benzene rings is 1. The number of hydrogen-bond acceptors (Lipinski definition) is 1. The fraction of sp³-hybridized carbons (Fsp3) is 0.333. The maximum Gasteiger partial charge on any atom is 0.0214 e. The van der Waals surface area contributed by atoms with Gasteiger partial charge in [-0.3, -0.25) is 0 Å².